The maximum atomic E-state index is 11.9. The third-order valence-electron chi connectivity index (χ3n) is 2.64. The van der Waals surface area contributed by atoms with Crippen molar-refractivity contribution in [3.63, 3.8) is 0 Å². The van der Waals surface area contributed by atoms with Crippen LogP contribution in [0.5, 0.6) is 0 Å². The van der Waals surface area contributed by atoms with Crippen molar-refractivity contribution in [2.24, 2.45) is 0 Å². The second kappa shape index (κ2) is 6.90. The number of rotatable bonds is 5. The molecule has 2 N–H and O–H groups in total. The minimum Gasteiger partial charge on any atom is -0.325 e. The molecule has 0 aliphatic heterocycles. The fourth-order valence-electron chi connectivity index (χ4n) is 1.58. The van der Waals surface area contributed by atoms with Crippen molar-refractivity contribution in [3.8, 4) is 0 Å². The highest BCUT2D eigenvalue weighted by atomic mass is 79.9. The second-order valence-electron chi connectivity index (χ2n) is 4.21. The van der Waals surface area contributed by atoms with Gasteiger partial charge in [0.1, 0.15) is 5.82 Å². The molecular weight excluding hydrogens is 340 g/mol. The van der Waals surface area contributed by atoms with E-state index in [1.54, 1.807) is 0 Å². The van der Waals surface area contributed by atoms with Gasteiger partial charge in [0.25, 0.3) is 0 Å². The lowest BCUT2D eigenvalue weighted by atomic mass is 10.2. The highest BCUT2D eigenvalue weighted by Crippen LogP contribution is 2.20. The van der Waals surface area contributed by atoms with Crippen LogP contribution in [0.4, 0.5) is 5.69 Å². The summed E-state index contributed by atoms with van der Waals surface area (Å²) in [6.45, 7) is 3.95. The molecule has 0 atom stereocenters. The Morgan fingerprint density at radius 2 is 2.30 bits per heavy atom. The number of aromatic nitrogens is 3. The number of H-pyrrole nitrogens is 1. The average Bonchev–Trinajstić information content (AvgIpc) is 2.88. The van der Waals surface area contributed by atoms with Crippen molar-refractivity contribution in [1.29, 1.82) is 0 Å². The number of carbonyl (C=O) groups is 1. The van der Waals surface area contributed by atoms with E-state index in [2.05, 4.69) is 36.4 Å². The average molecular weight is 355 g/mol. The number of hydrogen-bond donors (Lipinski definition) is 2. The van der Waals surface area contributed by atoms with E-state index in [4.69, 9.17) is 0 Å². The quantitative estimate of drug-likeness (QED) is 0.809. The lowest BCUT2D eigenvalue weighted by molar-refractivity contribution is -0.113. The Labute approximate surface area is 130 Å². The molecule has 106 valence electrons. The largest absolute Gasteiger partial charge is 0.325 e. The number of aromatic amines is 1. The summed E-state index contributed by atoms with van der Waals surface area (Å²) in [5.74, 6) is 1.05. The van der Waals surface area contributed by atoms with Crippen LogP contribution >= 0.6 is 27.7 Å². The molecule has 0 aliphatic rings. The van der Waals surface area contributed by atoms with E-state index < -0.39 is 0 Å². The van der Waals surface area contributed by atoms with Crippen LogP contribution in [0.2, 0.25) is 0 Å². The van der Waals surface area contributed by atoms with Gasteiger partial charge in [-0.2, -0.15) is 0 Å². The molecule has 1 amide bonds. The molecule has 2 aromatic rings. The molecule has 1 aromatic heterocycles. The van der Waals surface area contributed by atoms with Gasteiger partial charge in [-0.25, -0.2) is 4.98 Å². The summed E-state index contributed by atoms with van der Waals surface area (Å²) in [6.07, 6.45) is 0.803. The number of nitrogens with zero attached hydrogens (tertiary/aromatic N) is 2. The summed E-state index contributed by atoms with van der Waals surface area (Å²) in [7, 11) is 0. The summed E-state index contributed by atoms with van der Waals surface area (Å²) in [5, 5.41) is 10.3. The lowest BCUT2D eigenvalue weighted by Gasteiger charge is -2.07. The first-order valence-electron chi connectivity index (χ1n) is 6.18. The number of nitrogens with one attached hydrogen (secondary N) is 2. The zero-order valence-corrected chi connectivity index (χ0v) is 13.6. The standard InChI is InChI=1S/C13H15BrN4OS/c1-3-11-16-13(18-17-11)20-7-12(19)15-10-5-4-9(14)6-8(10)2/h4-6H,3,7H2,1-2H3,(H,15,19)(H,16,17,18). The van der Waals surface area contributed by atoms with Crippen molar-refractivity contribution in [3.05, 3.63) is 34.1 Å². The molecule has 0 bridgehead atoms. The van der Waals surface area contributed by atoms with Crippen molar-refractivity contribution >= 4 is 39.3 Å². The molecule has 1 aromatic carbocycles. The molecule has 7 heteroatoms. The first-order valence-corrected chi connectivity index (χ1v) is 7.96. The number of benzene rings is 1. The van der Waals surface area contributed by atoms with Crippen LogP contribution in [0.3, 0.4) is 0 Å². The fraction of sp³-hybridized carbons (Fsp3) is 0.308. The minimum absolute atomic E-state index is 0.0664. The predicted molar refractivity (Wildman–Crippen MR) is 84.0 cm³/mol. The molecule has 0 saturated heterocycles. The van der Waals surface area contributed by atoms with Gasteiger partial charge in [0, 0.05) is 16.6 Å². The first kappa shape index (κ1) is 15.1. The van der Waals surface area contributed by atoms with Crippen molar-refractivity contribution < 1.29 is 4.79 Å². The maximum absolute atomic E-state index is 11.9. The van der Waals surface area contributed by atoms with Gasteiger partial charge in [0.2, 0.25) is 11.1 Å². The first-order chi connectivity index (χ1) is 9.58. The Kier molecular flexibility index (Phi) is 5.19. The van der Waals surface area contributed by atoms with Gasteiger partial charge in [0.05, 0.1) is 5.75 Å². The van der Waals surface area contributed by atoms with Crippen LogP contribution in [0, 0.1) is 6.92 Å². The molecule has 5 nitrogen and oxygen atoms in total. The van der Waals surface area contributed by atoms with Crippen LogP contribution in [0.15, 0.2) is 27.8 Å². The third-order valence-corrected chi connectivity index (χ3v) is 3.98. The SMILES string of the molecule is CCc1nc(SCC(=O)Nc2ccc(Br)cc2C)n[nH]1. The predicted octanol–water partition coefficient (Wildman–Crippen LogP) is 3.17. The van der Waals surface area contributed by atoms with E-state index in [1.807, 2.05) is 32.0 Å². The van der Waals surface area contributed by atoms with E-state index in [0.29, 0.717) is 5.16 Å². The highest BCUT2D eigenvalue weighted by molar-refractivity contribution is 9.10. The topological polar surface area (TPSA) is 70.7 Å². The highest BCUT2D eigenvalue weighted by Gasteiger charge is 2.08. The number of anilines is 1. The number of amides is 1. The zero-order valence-electron chi connectivity index (χ0n) is 11.2. The van der Waals surface area contributed by atoms with Gasteiger partial charge in [-0.1, -0.05) is 34.6 Å². The molecule has 0 spiro atoms. The fourth-order valence-corrected chi connectivity index (χ4v) is 2.68. The van der Waals surface area contributed by atoms with Crippen LogP contribution < -0.4 is 5.32 Å². The number of halogens is 1. The molecule has 0 saturated carbocycles. The molecule has 1 heterocycles. The molecule has 0 radical (unpaired) electrons. The van der Waals surface area contributed by atoms with Crippen LogP contribution in [-0.2, 0) is 11.2 Å². The van der Waals surface area contributed by atoms with Crippen molar-refractivity contribution in [1.82, 2.24) is 15.2 Å². The van der Waals surface area contributed by atoms with Gasteiger partial charge >= 0.3 is 0 Å². The molecule has 0 fully saturated rings. The molecule has 0 unspecified atom stereocenters. The third kappa shape index (κ3) is 4.08. The minimum atomic E-state index is -0.0664. The molecule has 2 rings (SSSR count). The summed E-state index contributed by atoms with van der Waals surface area (Å²) >= 11 is 4.71. The Morgan fingerprint density at radius 1 is 1.50 bits per heavy atom. The number of hydrogen-bond acceptors (Lipinski definition) is 4. The van der Waals surface area contributed by atoms with Crippen LogP contribution in [0.25, 0.3) is 0 Å². The number of carbonyl (C=O) groups excluding carboxylic acids is 1. The van der Waals surface area contributed by atoms with Crippen molar-refractivity contribution in [2.45, 2.75) is 25.4 Å². The molecule has 0 aliphatic carbocycles. The Bertz CT molecular complexity index is 614. The van der Waals surface area contributed by atoms with E-state index in [0.717, 1.165) is 28.0 Å². The number of thioether (sulfide) groups is 1. The van der Waals surface area contributed by atoms with Crippen LogP contribution in [-0.4, -0.2) is 26.8 Å². The van der Waals surface area contributed by atoms with E-state index in [9.17, 15) is 4.79 Å². The second-order valence-corrected chi connectivity index (χ2v) is 6.07. The van der Waals surface area contributed by atoms with Gasteiger partial charge in [-0.3, -0.25) is 9.89 Å². The van der Waals surface area contributed by atoms with Crippen molar-refractivity contribution in [2.75, 3.05) is 11.1 Å². The summed E-state index contributed by atoms with van der Waals surface area (Å²) in [6, 6.07) is 5.74. The Balaban J connectivity index is 1.89. The Hall–Kier alpha value is -1.34. The molecular formula is C13H15BrN4OS. The number of aryl methyl sites for hydroxylation is 2. The van der Waals surface area contributed by atoms with E-state index in [1.165, 1.54) is 11.8 Å². The monoisotopic (exact) mass is 354 g/mol. The van der Waals surface area contributed by atoms with E-state index in [-0.39, 0.29) is 11.7 Å². The van der Waals surface area contributed by atoms with Gasteiger partial charge in [0.15, 0.2) is 0 Å². The summed E-state index contributed by atoms with van der Waals surface area (Å²) in [5.41, 5.74) is 1.84. The normalized spacial score (nSPS) is 10.6. The zero-order chi connectivity index (χ0) is 14.5. The summed E-state index contributed by atoms with van der Waals surface area (Å²) in [4.78, 5) is 16.1. The van der Waals surface area contributed by atoms with Gasteiger partial charge in [-0.15, -0.1) is 5.10 Å². The maximum Gasteiger partial charge on any atom is 0.234 e. The van der Waals surface area contributed by atoms with Gasteiger partial charge in [-0.05, 0) is 30.7 Å². The lowest BCUT2D eigenvalue weighted by Crippen LogP contribution is -2.14. The van der Waals surface area contributed by atoms with Crippen LogP contribution in [0.1, 0.15) is 18.3 Å². The van der Waals surface area contributed by atoms with E-state index >= 15 is 0 Å². The smallest absolute Gasteiger partial charge is 0.234 e. The summed E-state index contributed by atoms with van der Waals surface area (Å²) < 4.78 is 0.996. The molecule has 20 heavy (non-hydrogen) atoms. The Morgan fingerprint density at radius 3 is 2.95 bits per heavy atom. The van der Waals surface area contributed by atoms with Gasteiger partial charge < -0.3 is 5.32 Å².